The lowest BCUT2D eigenvalue weighted by molar-refractivity contribution is 0.196. The van der Waals surface area contributed by atoms with Crippen molar-refractivity contribution in [3.63, 3.8) is 0 Å². The van der Waals surface area contributed by atoms with Gasteiger partial charge < -0.3 is 19.6 Å². The first-order chi connectivity index (χ1) is 8.12. The quantitative estimate of drug-likeness (QED) is 0.222. The fraction of sp³-hybridized carbons (Fsp3) is 1.00. The topological polar surface area (TPSA) is 134 Å². The monoisotopic (exact) mass is 508 g/mol. The molecule has 0 aliphatic heterocycles. The van der Waals surface area contributed by atoms with Gasteiger partial charge in [0, 0.05) is 10.7 Å². The highest BCUT2D eigenvalue weighted by molar-refractivity contribution is 9.09. The first-order valence-electron chi connectivity index (χ1n) is 4.64. The molecule has 0 atom stereocenters. The zero-order valence-corrected chi connectivity index (χ0v) is 16.7. The summed E-state index contributed by atoms with van der Waals surface area (Å²) in [6.45, 7) is 0.186. The highest BCUT2D eigenvalue weighted by atomic mass is 79.9. The molecule has 20 heavy (non-hydrogen) atoms. The summed E-state index contributed by atoms with van der Waals surface area (Å²) in [5, 5.41) is 1.38. The average molecular weight is 511 g/mol. The van der Waals surface area contributed by atoms with E-state index in [1.165, 1.54) is 0 Å². The maximum absolute atomic E-state index is 9.96. The molecule has 0 aromatic heterocycles. The number of phosphoric ester groups is 2. The Balaban J connectivity index is -0.000000116. The Morgan fingerprint density at radius 3 is 1.15 bits per heavy atom. The second-order valence-corrected chi connectivity index (χ2v) is 6.80. The van der Waals surface area contributed by atoms with Crippen molar-refractivity contribution in [1.29, 1.82) is 0 Å². The van der Waals surface area contributed by atoms with E-state index in [1.54, 1.807) is 0 Å². The minimum absolute atomic E-state index is 0. The second kappa shape index (κ2) is 17.1. The predicted molar refractivity (Wildman–Crippen MR) is 87.3 cm³/mol. The molecule has 128 valence electrons. The van der Waals surface area contributed by atoms with Crippen molar-refractivity contribution in [3.05, 3.63) is 0 Å². The van der Waals surface area contributed by atoms with Crippen molar-refractivity contribution in [2.24, 2.45) is 0 Å². The molecule has 4 N–H and O–H groups in total. The molecule has 0 aliphatic carbocycles. The number of hydrogen-bond acceptors (Lipinski definition) is 4. The molecule has 0 aliphatic rings. The van der Waals surface area contributed by atoms with Gasteiger partial charge in [0.25, 0.3) is 0 Å². The van der Waals surface area contributed by atoms with Gasteiger partial charge in [-0.1, -0.05) is 31.9 Å². The Hall–Kier alpha value is 1.76. The van der Waals surface area contributed by atoms with Crippen LogP contribution in [-0.2, 0) is 18.2 Å². The fourth-order valence-corrected chi connectivity index (χ4v) is 1.67. The lowest BCUT2D eigenvalue weighted by atomic mass is 10.5. The Labute approximate surface area is 146 Å². The third-order valence-electron chi connectivity index (χ3n) is 1.07. The lowest BCUT2D eigenvalue weighted by Crippen LogP contribution is -1.91. The number of hydrogen-bond donors (Lipinski definition) is 4. The van der Waals surface area contributed by atoms with Crippen LogP contribution in [0, 0.1) is 0 Å². The molecule has 0 amide bonds. The van der Waals surface area contributed by atoms with Crippen LogP contribution in [0.1, 0.15) is 12.8 Å². The van der Waals surface area contributed by atoms with Crippen LogP contribution in [0.5, 0.6) is 0 Å². The fourth-order valence-electron chi connectivity index (χ4n) is 0.476. The third-order valence-corrected chi connectivity index (χ3v) is 3.23. The molecule has 0 fully saturated rings. The lowest BCUT2D eigenvalue weighted by Gasteiger charge is -2.01. The number of alkyl halides is 2. The molecule has 8 nitrogen and oxygen atoms in total. The Morgan fingerprint density at radius 2 is 1.00 bits per heavy atom. The van der Waals surface area contributed by atoms with Crippen molar-refractivity contribution in [1.82, 2.24) is 0 Å². The zero-order valence-electron chi connectivity index (χ0n) is 10.1. The van der Waals surface area contributed by atoms with Crippen LogP contribution < -0.4 is 0 Å². The van der Waals surface area contributed by atoms with E-state index in [-0.39, 0.29) is 38.0 Å². The smallest absolute Gasteiger partial charge is 0.303 e. The van der Waals surface area contributed by atoms with Crippen LogP contribution in [0.4, 0.5) is 0 Å². The SMILES string of the molecule is Cl.Cl.O=P(O)(O)OCCCBr.O=P(O)(O)OCCCBr. The maximum Gasteiger partial charge on any atom is 0.469 e. The molecule has 0 radical (unpaired) electrons. The molecular formula is C6H18Br2Cl2O8P2. The molecule has 0 bridgehead atoms. The number of halogens is 4. The summed E-state index contributed by atoms with van der Waals surface area (Å²) >= 11 is 6.17. The summed E-state index contributed by atoms with van der Waals surface area (Å²) in [5.41, 5.74) is 0. The van der Waals surface area contributed by atoms with Crippen LogP contribution in [-0.4, -0.2) is 43.4 Å². The first-order valence-corrected chi connectivity index (χ1v) is 9.95. The van der Waals surface area contributed by atoms with Gasteiger partial charge >= 0.3 is 15.6 Å². The highest BCUT2D eigenvalue weighted by Gasteiger charge is 2.12. The third kappa shape index (κ3) is 36.7. The molecule has 0 spiro atoms. The molecule has 0 aromatic rings. The minimum Gasteiger partial charge on any atom is -0.303 e. The van der Waals surface area contributed by atoms with Crippen molar-refractivity contribution >= 4 is 72.3 Å². The van der Waals surface area contributed by atoms with E-state index in [9.17, 15) is 9.13 Å². The van der Waals surface area contributed by atoms with Crippen LogP contribution in [0.15, 0.2) is 0 Å². The van der Waals surface area contributed by atoms with Crippen molar-refractivity contribution < 1.29 is 37.8 Å². The van der Waals surface area contributed by atoms with Crippen molar-refractivity contribution in [2.75, 3.05) is 23.9 Å². The van der Waals surface area contributed by atoms with E-state index in [1.807, 2.05) is 0 Å². The van der Waals surface area contributed by atoms with Gasteiger partial charge in [-0.15, -0.1) is 24.8 Å². The van der Waals surface area contributed by atoms with Crippen LogP contribution >= 0.6 is 72.3 Å². The average Bonchev–Trinajstić information content (AvgIpc) is 2.16. The summed E-state index contributed by atoms with van der Waals surface area (Å²) in [5.74, 6) is 0. The van der Waals surface area contributed by atoms with E-state index in [2.05, 4.69) is 40.9 Å². The summed E-state index contributed by atoms with van der Waals surface area (Å²) in [4.78, 5) is 32.5. The van der Waals surface area contributed by atoms with E-state index in [4.69, 9.17) is 19.6 Å². The minimum atomic E-state index is -4.22. The number of phosphoric acid groups is 2. The predicted octanol–water partition coefficient (Wildman–Crippen LogP) is 2.61. The molecule has 0 saturated heterocycles. The van der Waals surface area contributed by atoms with Gasteiger partial charge in [-0.3, -0.25) is 9.05 Å². The van der Waals surface area contributed by atoms with Gasteiger partial charge in [-0.05, 0) is 12.8 Å². The van der Waals surface area contributed by atoms with Crippen LogP contribution in [0.3, 0.4) is 0 Å². The van der Waals surface area contributed by atoms with Gasteiger partial charge in [-0.25, -0.2) is 9.13 Å². The van der Waals surface area contributed by atoms with Crippen molar-refractivity contribution in [3.8, 4) is 0 Å². The second-order valence-electron chi connectivity index (χ2n) is 2.73. The van der Waals surface area contributed by atoms with Gasteiger partial charge in [0.1, 0.15) is 0 Å². The molecule has 0 aromatic carbocycles. The number of rotatable bonds is 8. The normalized spacial score (nSPS) is 10.7. The molecule has 0 rings (SSSR count). The van der Waals surface area contributed by atoms with Crippen LogP contribution in [0.25, 0.3) is 0 Å². The summed E-state index contributed by atoms with van der Waals surface area (Å²) in [6, 6.07) is 0. The van der Waals surface area contributed by atoms with Gasteiger partial charge in [0.2, 0.25) is 0 Å². The zero-order chi connectivity index (χ0) is 14.7. The maximum atomic E-state index is 9.96. The molecule has 0 saturated carbocycles. The van der Waals surface area contributed by atoms with Gasteiger partial charge in [0.05, 0.1) is 13.2 Å². The molecular weight excluding hydrogens is 493 g/mol. The Morgan fingerprint density at radius 1 is 0.750 bits per heavy atom. The van der Waals surface area contributed by atoms with Gasteiger partial charge in [0.15, 0.2) is 0 Å². The van der Waals surface area contributed by atoms with E-state index in [0.29, 0.717) is 23.5 Å². The largest absolute Gasteiger partial charge is 0.469 e. The standard InChI is InChI=1S/2C3H8BrO4P.2ClH/c2*4-2-1-3-8-9(5,6)7;;/h2*1-3H2,(H2,5,6,7);2*1H. The summed E-state index contributed by atoms with van der Waals surface area (Å²) in [6.07, 6.45) is 1.20. The highest BCUT2D eigenvalue weighted by Crippen LogP contribution is 2.36. The van der Waals surface area contributed by atoms with E-state index in [0.717, 1.165) is 0 Å². The molecule has 0 unspecified atom stereocenters. The summed E-state index contributed by atoms with van der Waals surface area (Å²) < 4.78 is 28.1. The van der Waals surface area contributed by atoms with Crippen molar-refractivity contribution in [2.45, 2.75) is 12.8 Å². The summed E-state index contributed by atoms with van der Waals surface area (Å²) in [7, 11) is -8.43. The Kier molecular flexibility index (Phi) is 25.4. The molecule has 14 heteroatoms. The molecule has 0 heterocycles. The Bertz CT molecular complexity index is 258. The van der Waals surface area contributed by atoms with Gasteiger partial charge in [-0.2, -0.15) is 0 Å². The van der Waals surface area contributed by atoms with Crippen LogP contribution in [0.2, 0.25) is 0 Å². The van der Waals surface area contributed by atoms with E-state index < -0.39 is 15.6 Å². The van der Waals surface area contributed by atoms with E-state index >= 15 is 0 Å². The first kappa shape index (κ1) is 29.7.